The van der Waals surface area contributed by atoms with Gasteiger partial charge in [0.15, 0.2) is 0 Å². The first-order valence-electron chi connectivity index (χ1n) is 16.1. The van der Waals surface area contributed by atoms with Crippen LogP contribution >= 0.6 is 0 Å². The van der Waals surface area contributed by atoms with Crippen molar-refractivity contribution in [3.05, 3.63) is 106 Å². The van der Waals surface area contributed by atoms with E-state index in [1.807, 2.05) is 53.7 Å². The van der Waals surface area contributed by atoms with Crippen LogP contribution in [0, 0.1) is 36.8 Å². The molecule has 0 amide bonds. The molecule has 4 rings (SSSR count). The number of hydrogen-bond donors (Lipinski definition) is 0. The predicted octanol–water partition coefficient (Wildman–Crippen LogP) is 12.4. The molecule has 0 unspecified atom stereocenters. The summed E-state index contributed by atoms with van der Waals surface area (Å²) in [6.07, 6.45) is -16.9. The van der Waals surface area contributed by atoms with Gasteiger partial charge < -0.3 is 9.97 Å². The summed E-state index contributed by atoms with van der Waals surface area (Å²) in [5.41, 5.74) is -5.87. The van der Waals surface area contributed by atoms with Crippen molar-refractivity contribution in [1.29, 1.82) is 0 Å². The SMILES string of the molecule is CC(C)(C)C(=O)CC(=O)C(C)(C)C.Cc1ccnc(-c2[c-]c(C(F)(F)F)cc(C(F)(F)F)c2)c1.Cc1ccnc(-c2[c-]c(C(F)(F)F)cc(C(F)(F)F)c2)c1.[Ir]. The molecular weight excluding hydrogens is 949 g/mol. The van der Waals surface area contributed by atoms with E-state index in [0.717, 1.165) is 0 Å². The smallest absolute Gasteiger partial charge is 0.305 e. The number of nitrogens with zero attached hydrogens (tertiary/aromatic N) is 2. The van der Waals surface area contributed by atoms with Crippen molar-refractivity contribution in [3.63, 3.8) is 0 Å². The quantitative estimate of drug-likeness (QED) is 0.116. The molecule has 309 valence electrons. The fourth-order valence-electron chi connectivity index (χ4n) is 4.09. The summed E-state index contributed by atoms with van der Waals surface area (Å²) in [6, 6.07) is 11.2. The van der Waals surface area contributed by atoms with Crippen LogP contribution in [0.15, 0.2) is 60.9 Å². The summed E-state index contributed by atoms with van der Waals surface area (Å²) in [7, 11) is 0. The van der Waals surface area contributed by atoms with Crippen molar-refractivity contribution in [1.82, 2.24) is 9.97 Å². The molecule has 0 N–H and O–H groups in total. The fourth-order valence-corrected chi connectivity index (χ4v) is 4.09. The fraction of sp³-hybridized carbons (Fsp3) is 0.385. The van der Waals surface area contributed by atoms with E-state index in [0.29, 0.717) is 23.3 Å². The Labute approximate surface area is 329 Å². The minimum Gasteiger partial charge on any atom is -0.305 e. The van der Waals surface area contributed by atoms with Gasteiger partial charge in [-0.1, -0.05) is 64.8 Å². The molecule has 1 radical (unpaired) electrons. The molecule has 56 heavy (non-hydrogen) atoms. The third kappa shape index (κ3) is 15.4. The molecule has 2 aromatic heterocycles. The molecule has 4 aromatic rings. The molecule has 0 saturated carbocycles. The van der Waals surface area contributed by atoms with Gasteiger partial charge in [-0.05, 0) is 59.6 Å². The van der Waals surface area contributed by atoms with Crippen molar-refractivity contribution in [2.45, 2.75) is 86.5 Å². The van der Waals surface area contributed by atoms with Gasteiger partial charge >= 0.3 is 24.7 Å². The molecule has 2 heterocycles. The van der Waals surface area contributed by atoms with Gasteiger partial charge in [0.25, 0.3) is 0 Å². The number of rotatable bonds is 4. The average Bonchev–Trinajstić information content (AvgIpc) is 3.02. The molecule has 0 aliphatic heterocycles. The van der Waals surface area contributed by atoms with Crippen molar-refractivity contribution in [3.8, 4) is 22.5 Å². The first-order valence-corrected chi connectivity index (χ1v) is 16.1. The summed E-state index contributed by atoms with van der Waals surface area (Å²) >= 11 is 0. The van der Waals surface area contributed by atoms with Crippen LogP contribution < -0.4 is 0 Å². The molecular formula is C39H36F12IrN2O2-2. The van der Waals surface area contributed by atoms with E-state index >= 15 is 0 Å². The number of alkyl halides is 12. The van der Waals surface area contributed by atoms with Gasteiger partial charge in [-0.25, -0.2) is 0 Å². The molecule has 0 fully saturated rings. The maximum Gasteiger partial charge on any atom is 0.399 e. The van der Waals surface area contributed by atoms with Crippen LogP contribution in [0.1, 0.15) is 81.3 Å². The van der Waals surface area contributed by atoms with Gasteiger partial charge in [0.1, 0.15) is 11.6 Å². The number of carbonyl (C=O) groups is 2. The van der Waals surface area contributed by atoms with Gasteiger partial charge in [-0.15, -0.1) is 47.5 Å². The van der Waals surface area contributed by atoms with Crippen LogP contribution in [0.4, 0.5) is 52.7 Å². The molecule has 0 aliphatic rings. The molecule has 0 atom stereocenters. The maximum atomic E-state index is 12.7. The number of carbonyl (C=O) groups excluding carboxylic acids is 2. The summed E-state index contributed by atoms with van der Waals surface area (Å²) in [5.74, 6) is 0.0415. The van der Waals surface area contributed by atoms with E-state index in [2.05, 4.69) is 9.97 Å². The third-order valence-electron chi connectivity index (χ3n) is 7.38. The Balaban J connectivity index is 0.000000430. The summed E-state index contributed by atoms with van der Waals surface area (Å²) in [4.78, 5) is 30.6. The Kier molecular flexibility index (Phi) is 16.4. The molecule has 0 spiro atoms. The number of pyridine rings is 2. The Morgan fingerprint density at radius 3 is 1.05 bits per heavy atom. The average molecular weight is 985 g/mol. The van der Waals surface area contributed by atoms with Crippen LogP contribution in [-0.4, -0.2) is 21.5 Å². The normalized spacial score (nSPS) is 12.4. The number of ketones is 2. The Morgan fingerprint density at radius 2 is 0.821 bits per heavy atom. The van der Waals surface area contributed by atoms with Crippen LogP contribution in [0.3, 0.4) is 0 Å². The molecule has 0 aliphatic carbocycles. The number of aryl methyl sites for hydroxylation is 2. The van der Waals surface area contributed by atoms with Crippen molar-refractivity contribution in [2.75, 3.05) is 0 Å². The molecule has 4 nitrogen and oxygen atoms in total. The van der Waals surface area contributed by atoms with Gasteiger partial charge in [0.2, 0.25) is 0 Å². The van der Waals surface area contributed by atoms with Crippen molar-refractivity contribution in [2.24, 2.45) is 10.8 Å². The van der Waals surface area contributed by atoms with Crippen LogP contribution in [0.25, 0.3) is 22.5 Å². The summed E-state index contributed by atoms with van der Waals surface area (Å²) in [5, 5.41) is 0. The zero-order valence-electron chi connectivity index (χ0n) is 31.1. The Bertz CT molecular complexity index is 1760. The van der Waals surface area contributed by atoms with E-state index in [9.17, 15) is 62.3 Å². The molecule has 0 bridgehead atoms. The van der Waals surface area contributed by atoms with Crippen molar-refractivity contribution < 1.29 is 82.4 Å². The second-order valence-corrected chi connectivity index (χ2v) is 14.3. The van der Waals surface area contributed by atoms with Gasteiger partial charge in [-0.2, -0.15) is 52.7 Å². The Hall–Kier alpha value is -4.11. The van der Waals surface area contributed by atoms with Gasteiger partial charge in [-0.3, -0.25) is 9.59 Å². The van der Waals surface area contributed by atoms with Crippen LogP contribution in [0.5, 0.6) is 0 Å². The van der Waals surface area contributed by atoms with Crippen LogP contribution in [-0.2, 0) is 54.4 Å². The Morgan fingerprint density at radius 1 is 0.518 bits per heavy atom. The van der Waals surface area contributed by atoms with E-state index in [-0.39, 0.29) is 72.7 Å². The number of benzene rings is 2. The predicted molar refractivity (Wildman–Crippen MR) is 180 cm³/mol. The molecule has 0 saturated heterocycles. The number of Topliss-reactive ketones (excluding diaryl/α,β-unsaturated/α-hetero) is 2. The zero-order valence-corrected chi connectivity index (χ0v) is 33.5. The minimum atomic E-state index is -4.92. The largest absolute Gasteiger partial charge is 0.399 e. The molecule has 17 heteroatoms. The number of halogens is 12. The number of hydrogen-bond acceptors (Lipinski definition) is 4. The first-order chi connectivity index (χ1) is 24.7. The van der Waals surface area contributed by atoms with E-state index in [4.69, 9.17) is 0 Å². The second kappa shape index (κ2) is 18.4. The first kappa shape index (κ1) is 49.9. The maximum absolute atomic E-state index is 12.7. The standard InChI is InChI=1S/2C14H8F6N.C11H20O2.Ir/c2*1-8-2-3-21-12(4-8)9-5-10(13(15,16)17)7-11(6-9)14(18,19)20;1-10(2,3)8(12)7-9(13)11(4,5)6;/h2*2-5,7H,1H3;7H2,1-6H3;/q2*-1;;. The number of aromatic nitrogens is 2. The third-order valence-corrected chi connectivity index (χ3v) is 7.38. The zero-order chi connectivity index (χ0) is 42.5. The van der Waals surface area contributed by atoms with Crippen LogP contribution in [0.2, 0.25) is 0 Å². The van der Waals surface area contributed by atoms with E-state index in [1.54, 1.807) is 26.0 Å². The topological polar surface area (TPSA) is 59.9 Å². The second-order valence-electron chi connectivity index (χ2n) is 14.3. The molecule has 2 aromatic carbocycles. The summed E-state index contributed by atoms with van der Waals surface area (Å²) in [6.45, 7) is 14.3. The van der Waals surface area contributed by atoms with Gasteiger partial charge in [0, 0.05) is 43.3 Å². The minimum absolute atomic E-state index is 0. The summed E-state index contributed by atoms with van der Waals surface area (Å²) < 4.78 is 153. The van der Waals surface area contributed by atoms with Gasteiger partial charge in [0.05, 0.1) is 6.42 Å². The van der Waals surface area contributed by atoms with E-state index < -0.39 is 57.8 Å². The van der Waals surface area contributed by atoms with E-state index in [1.165, 1.54) is 24.5 Å². The van der Waals surface area contributed by atoms with Crippen molar-refractivity contribution >= 4 is 11.6 Å². The monoisotopic (exact) mass is 985 g/mol.